The molecule has 7 rings (SSSR count). The van der Waals surface area contributed by atoms with Crippen molar-refractivity contribution in [2.45, 2.75) is 128 Å². The van der Waals surface area contributed by atoms with Gasteiger partial charge in [0, 0.05) is 49.6 Å². The number of aliphatic hydroxyl groups excluding tert-OH is 2. The monoisotopic (exact) mass is 983 g/mol. The summed E-state index contributed by atoms with van der Waals surface area (Å²) in [5.41, 5.74) is -7.02. The molecule has 0 radical (unpaired) electrons. The third kappa shape index (κ3) is 10.5. The normalized spacial score (nSPS) is 28.9. The molecule has 71 heavy (non-hydrogen) atoms. The molecule has 4 N–H and O–H groups in total. The highest BCUT2D eigenvalue weighted by atomic mass is 16.6. The van der Waals surface area contributed by atoms with Crippen LogP contribution in [0.25, 0.3) is 0 Å². The fourth-order valence-electron chi connectivity index (χ4n) is 10.6. The highest BCUT2D eigenvalue weighted by Gasteiger charge is 2.78. The smallest absolute Gasteiger partial charge is 0.338 e. The maximum atomic E-state index is 15.5. The van der Waals surface area contributed by atoms with Crippen LogP contribution in [0, 0.1) is 16.7 Å². The Bertz CT molecular complexity index is 2530. The van der Waals surface area contributed by atoms with Crippen molar-refractivity contribution in [3.05, 3.63) is 119 Å². The lowest BCUT2D eigenvalue weighted by Gasteiger charge is -2.67. The van der Waals surface area contributed by atoms with Gasteiger partial charge in [-0.3, -0.25) is 19.2 Å². The molecule has 19 nitrogen and oxygen atoms in total. The number of esters is 4. The van der Waals surface area contributed by atoms with Crippen molar-refractivity contribution in [3.63, 3.8) is 0 Å². The lowest BCUT2D eigenvalue weighted by atomic mass is 9.44. The largest absolute Gasteiger partial charge is 0.550 e. The van der Waals surface area contributed by atoms with Gasteiger partial charge in [0.05, 0.1) is 35.6 Å². The van der Waals surface area contributed by atoms with Crippen molar-refractivity contribution >= 4 is 47.5 Å². The first-order valence-electron chi connectivity index (χ1n) is 23.0. The summed E-state index contributed by atoms with van der Waals surface area (Å²) >= 11 is 0. The Kier molecular flexibility index (Phi) is 16.0. The van der Waals surface area contributed by atoms with Crippen molar-refractivity contribution in [3.8, 4) is 0 Å². The second-order valence-corrected chi connectivity index (χ2v) is 19.0. The number of fused-ring (bicyclic) bond motifs is 5. The summed E-state index contributed by atoms with van der Waals surface area (Å²) in [5, 5.41) is 59.5. The molecule has 2 saturated carbocycles. The average Bonchev–Trinajstić information content (AvgIpc) is 3.32. The number of Topliss-reactive ketones (excluding diaryl/α,β-unsaturated/α-hetero) is 1. The summed E-state index contributed by atoms with van der Waals surface area (Å²) < 4.78 is 30.3. The van der Waals surface area contributed by atoms with Crippen molar-refractivity contribution in [2.24, 2.45) is 16.7 Å². The maximum absolute atomic E-state index is 15.5. The van der Waals surface area contributed by atoms with E-state index >= 15 is 4.79 Å². The molecule has 1 amide bonds. The Labute approximate surface area is 409 Å². The number of carboxylic acid groups (broad SMARTS) is 2. The van der Waals surface area contributed by atoms with E-state index in [1.54, 1.807) is 92.7 Å². The number of ketones is 1. The number of hydrogen-bond donors (Lipinski definition) is 4. The fraction of sp³-hybridized carbons (Fsp3) is 0.462. The van der Waals surface area contributed by atoms with Gasteiger partial charge in [-0.15, -0.1) is 0 Å². The quantitative estimate of drug-likeness (QED) is 0.101. The van der Waals surface area contributed by atoms with Crippen LogP contribution in [0.3, 0.4) is 0 Å². The zero-order chi connectivity index (χ0) is 52.2. The number of rotatable bonds is 14. The lowest BCUT2D eigenvalue weighted by molar-refractivity contribution is -0.346. The van der Waals surface area contributed by atoms with Gasteiger partial charge in [0.25, 0.3) is 5.91 Å². The van der Waals surface area contributed by atoms with Gasteiger partial charge in [-0.2, -0.15) is 0 Å². The number of benzene rings is 3. The van der Waals surface area contributed by atoms with Crippen LogP contribution >= 0.6 is 0 Å². The first kappa shape index (κ1) is 53.5. The van der Waals surface area contributed by atoms with Crippen molar-refractivity contribution in [1.82, 2.24) is 5.32 Å². The number of nitrogens with one attached hydrogen (secondary N) is 1. The summed E-state index contributed by atoms with van der Waals surface area (Å²) in [6.45, 7) is 7.97. The number of carboxylic acids is 2. The first-order chi connectivity index (χ1) is 33.4. The Balaban J connectivity index is 0.000000834. The van der Waals surface area contributed by atoms with E-state index in [2.05, 4.69) is 5.32 Å². The van der Waals surface area contributed by atoms with E-state index in [0.29, 0.717) is 5.56 Å². The van der Waals surface area contributed by atoms with Gasteiger partial charge < -0.3 is 64.1 Å². The molecular weight excluding hydrogens is 927 g/mol. The zero-order valence-electron chi connectivity index (χ0n) is 40.0. The van der Waals surface area contributed by atoms with Crippen LogP contribution in [0.4, 0.5) is 0 Å². The summed E-state index contributed by atoms with van der Waals surface area (Å²) in [6, 6.07) is 22.9. The molecule has 3 aromatic rings. The molecule has 1 saturated heterocycles. The minimum atomic E-state index is -2.39. The van der Waals surface area contributed by atoms with Gasteiger partial charge in [-0.05, 0) is 74.1 Å². The molecule has 380 valence electrons. The molecule has 1 aliphatic heterocycles. The number of ether oxygens (including phenoxy) is 5. The summed E-state index contributed by atoms with van der Waals surface area (Å²) in [4.78, 5) is 103. The van der Waals surface area contributed by atoms with E-state index in [1.165, 1.54) is 26.0 Å². The highest BCUT2D eigenvalue weighted by Crippen LogP contribution is 2.64. The number of aliphatic carboxylic acids is 2. The van der Waals surface area contributed by atoms with E-state index < -0.39 is 125 Å². The number of amides is 1. The van der Waals surface area contributed by atoms with E-state index in [0.717, 1.165) is 13.8 Å². The molecule has 11 atom stereocenters. The minimum absolute atomic E-state index is 0.00289. The third-order valence-corrected chi connectivity index (χ3v) is 14.2. The van der Waals surface area contributed by atoms with Gasteiger partial charge in [-0.25, -0.2) is 9.59 Å². The number of hydrogen-bond acceptors (Lipinski definition) is 18. The van der Waals surface area contributed by atoms with Crippen molar-refractivity contribution < 1.29 is 87.6 Å². The van der Waals surface area contributed by atoms with Crippen LogP contribution in [0.15, 0.2) is 102 Å². The highest BCUT2D eigenvalue weighted by molar-refractivity contribution is 5.96. The average molecular weight is 984 g/mol. The molecule has 1 heterocycles. The van der Waals surface area contributed by atoms with Crippen molar-refractivity contribution in [1.29, 1.82) is 0 Å². The molecule has 0 aromatic heterocycles. The molecule has 0 unspecified atom stereocenters. The van der Waals surface area contributed by atoms with Crippen LogP contribution in [-0.2, 0) is 52.5 Å². The number of carbonyl (C=O) groups is 8. The maximum Gasteiger partial charge on any atom is 0.338 e. The second-order valence-electron chi connectivity index (χ2n) is 19.0. The molecular formula is C52H57NO18-2. The Morgan fingerprint density at radius 1 is 0.803 bits per heavy atom. The summed E-state index contributed by atoms with van der Waals surface area (Å²) in [7, 11) is 0. The lowest BCUT2D eigenvalue weighted by Crippen LogP contribution is -2.82. The number of carbonyl (C=O) groups excluding carboxylic acids is 8. The Morgan fingerprint density at radius 3 is 1.86 bits per heavy atom. The Morgan fingerprint density at radius 2 is 1.35 bits per heavy atom. The van der Waals surface area contributed by atoms with Gasteiger partial charge in [0.1, 0.15) is 23.9 Å². The van der Waals surface area contributed by atoms with Crippen LogP contribution in [0.5, 0.6) is 0 Å². The minimum Gasteiger partial charge on any atom is -0.550 e. The summed E-state index contributed by atoms with van der Waals surface area (Å²) in [5.74, 6) is -9.29. The zero-order valence-corrected chi connectivity index (χ0v) is 40.0. The third-order valence-electron chi connectivity index (χ3n) is 14.2. The predicted octanol–water partition coefficient (Wildman–Crippen LogP) is 1.39. The Hall–Kier alpha value is -6.80. The predicted molar refractivity (Wildman–Crippen MR) is 242 cm³/mol. The molecule has 2 bridgehead atoms. The van der Waals surface area contributed by atoms with E-state index in [-0.39, 0.29) is 54.6 Å². The SMILES string of the molecule is CC(=O)O[C@H]1C(=O)[C@@]2(C)[C@H]([C@H](OC(=O)c3ccccc3)[C@]3(O)C[C@H](OC(=O)[C@H](O)[C@@H](NC(=O)c4ccccc4)c4ccccc4)C(C)=C1C3(C)C)[C@]1(OC(C)=O)CO[C@@H]1C[C@@H]2O.O=C([O-])CCCC(=O)[O-]. The van der Waals surface area contributed by atoms with Gasteiger partial charge in [-0.1, -0.05) is 80.6 Å². The first-order valence-corrected chi connectivity index (χ1v) is 23.0. The molecule has 3 aromatic carbocycles. The van der Waals surface area contributed by atoms with E-state index in [9.17, 15) is 59.1 Å². The summed E-state index contributed by atoms with van der Waals surface area (Å²) in [6.07, 6.45) is -10.9. The molecule has 0 spiro atoms. The van der Waals surface area contributed by atoms with Crippen LogP contribution in [0.2, 0.25) is 0 Å². The van der Waals surface area contributed by atoms with Crippen LogP contribution in [-0.4, -0.2) is 117 Å². The van der Waals surface area contributed by atoms with Gasteiger partial charge in [0.2, 0.25) is 0 Å². The van der Waals surface area contributed by atoms with Crippen LogP contribution in [0.1, 0.15) is 106 Å². The van der Waals surface area contributed by atoms with Gasteiger partial charge in [0.15, 0.2) is 23.6 Å². The standard InChI is InChI=1S/C47H51NO14.C5H8O4/c1-25-31(60-43(56)36(52)35(28-16-10-7-11-17-28)48-41(54)29-18-12-8-13-19-29)23-47(57)40(61-42(55)30-20-14-9-15-21-30)38-45(6,32(51)22-33-46(38,24-58-33)62-27(3)50)39(53)37(59-26(2)49)34(25)44(47,4)5;6-4(7)2-1-3-5(8)9/h7-21,31-33,35-38,40,51-52,57H,22-24H2,1-6H3,(H,48,54);1-3H2,(H,6,7)(H,8,9)/p-2/t31-,32-,33+,35-,36+,37+,38-,40-,45+,46-,47+;/m0./s1. The molecule has 4 aliphatic rings. The van der Waals surface area contributed by atoms with E-state index in [1.807, 2.05) is 0 Å². The molecule has 3 aliphatic carbocycles. The van der Waals surface area contributed by atoms with Crippen LogP contribution < -0.4 is 15.5 Å². The van der Waals surface area contributed by atoms with Gasteiger partial charge >= 0.3 is 23.9 Å². The number of aliphatic hydroxyl groups is 3. The fourth-order valence-corrected chi connectivity index (χ4v) is 10.6. The topological polar surface area (TPSA) is 302 Å². The molecule has 3 fully saturated rings. The van der Waals surface area contributed by atoms with Crippen molar-refractivity contribution in [2.75, 3.05) is 6.61 Å². The molecule has 19 heteroatoms. The second kappa shape index (κ2) is 21.3. The van der Waals surface area contributed by atoms with E-state index in [4.69, 9.17) is 23.7 Å².